The molecule has 0 saturated carbocycles. The molecule has 1 heterocycles. The summed E-state index contributed by atoms with van der Waals surface area (Å²) in [5, 5.41) is 12.0. The molecule has 0 bridgehead atoms. The molecule has 0 aliphatic heterocycles. The van der Waals surface area contributed by atoms with Crippen LogP contribution in [0.2, 0.25) is 0 Å². The molecule has 0 atom stereocenters. The van der Waals surface area contributed by atoms with Crippen molar-refractivity contribution in [3.63, 3.8) is 0 Å². The fourth-order valence-corrected chi connectivity index (χ4v) is 2.75. The Morgan fingerprint density at radius 1 is 1.37 bits per heavy atom. The Hall–Kier alpha value is -1.51. The normalized spacial score (nSPS) is 11.5. The SMILES string of the molecule is CNCc1nnc(Oc2cccc(S(C)(=O)=O)c2)s1. The predicted octanol–water partition coefficient (Wildman–Crippen LogP) is 1.45. The standard InChI is InChI=1S/C11H13N3O3S2/c1-12-7-10-13-14-11(18-10)17-8-4-3-5-9(6-8)19(2,15)16/h3-6,12H,7H2,1-2H3. The first kappa shape index (κ1) is 13.9. The maximum absolute atomic E-state index is 11.4. The molecule has 0 radical (unpaired) electrons. The Morgan fingerprint density at radius 2 is 2.16 bits per heavy atom. The third kappa shape index (κ3) is 3.72. The highest BCUT2D eigenvalue weighted by molar-refractivity contribution is 7.90. The van der Waals surface area contributed by atoms with Gasteiger partial charge in [-0.1, -0.05) is 22.5 Å². The van der Waals surface area contributed by atoms with Crippen LogP contribution in [0.25, 0.3) is 0 Å². The van der Waals surface area contributed by atoms with Crippen molar-refractivity contribution in [2.75, 3.05) is 13.3 Å². The summed E-state index contributed by atoms with van der Waals surface area (Å²) in [7, 11) is -1.43. The van der Waals surface area contributed by atoms with Crippen molar-refractivity contribution in [1.82, 2.24) is 15.5 Å². The van der Waals surface area contributed by atoms with Gasteiger partial charge < -0.3 is 10.1 Å². The lowest BCUT2D eigenvalue weighted by Gasteiger charge is -2.03. The lowest BCUT2D eigenvalue weighted by molar-refractivity contribution is 0.471. The van der Waals surface area contributed by atoms with Gasteiger partial charge in [-0.15, -0.1) is 5.10 Å². The fraction of sp³-hybridized carbons (Fsp3) is 0.273. The van der Waals surface area contributed by atoms with Crippen LogP contribution < -0.4 is 10.1 Å². The molecule has 2 aromatic rings. The summed E-state index contributed by atoms with van der Waals surface area (Å²) in [6.45, 7) is 0.615. The molecule has 1 N–H and O–H groups in total. The molecule has 1 aromatic carbocycles. The number of sulfone groups is 1. The summed E-state index contributed by atoms with van der Waals surface area (Å²) in [6.07, 6.45) is 1.15. The molecule has 0 amide bonds. The number of nitrogens with zero attached hydrogens (tertiary/aromatic N) is 2. The van der Waals surface area contributed by atoms with Crippen LogP contribution in [0, 0.1) is 0 Å². The summed E-state index contributed by atoms with van der Waals surface area (Å²) >= 11 is 1.31. The van der Waals surface area contributed by atoms with E-state index in [9.17, 15) is 8.42 Å². The zero-order valence-electron chi connectivity index (χ0n) is 10.5. The van der Waals surface area contributed by atoms with Gasteiger partial charge in [0.1, 0.15) is 10.8 Å². The Balaban J connectivity index is 2.18. The van der Waals surface area contributed by atoms with Crippen molar-refractivity contribution >= 4 is 21.2 Å². The van der Waals surface area contributed by atoms with E-state index in [4.69, 9.17) is 4.74 Å². The molecule has 19 heavy (non-hydrogen) atoms. The number of benzene rings is 1. The van der Waals surface area contributed by atoms with Crippen LogP contribution in [0.1, 0.15) is 5.01 Å². The van der Waals surface area contributed by atoms with Gasteiger partial charge in [0.05, 0.1) is 4.90 Å². The fourth-order valence-electron chi connectivity index (χ4n) is 1.37. The highest BCUT2D eigenvalue weighted by Gasteiger charge is 2.10. The zero-order valence-corrected chi connectivity index (χ0v) is 12.1. The molecule has 0 fully saturated rings. The second kappa shape index (κ2) is 5.64. The van der Waals surface area contributed by atoms with Crippen LogP contribution in [0.4, 0.5) is 0 Å². The third-order valence-corrected chi connectivity index (χ3v) is 4.13. The van der Waals surface area contributed by atoms with Crippen LogP contribution in [0.5, 0.6) is 10.9 Å². The minimum atomic E-state index is -3.24. The van der Waals surface area contributed by atoms with E-state index in [-0.39, 0.29) is 4.90 Å². The van der Waals surface area contributed by atoms with E-state index in [0.29, 0.717) is 17.5 Å². The minimum Gasteiger partial charge on any atom is -0.430 e. The molecule has 8 heteroatoms. The van der Waals surface area contributed by atoms with Crippen molar-refractivity contribution in [2.45, 2.75) is 11.4 Å². The Bertz CT molecular complexity index is 667. The van der Waals surface area contributed by atoms with Gasteiger partial charge in [-0.05, 0) is 25.2 Å². The summed E-state index contributed by atoms with van der Waals surface area (Å²) in [5.41, 5.74) is 0. The lowest BCUT2D eigenvalue weighted by atomic mass is 10.3. The molecule has 0 aliphatic rings. The van der Waals surface area contributed by atoms with E-state index in [1.807, 2.05) is 7.05 Å². The summed E-state index contributed by atoms with van der Waals surface area (Å²) in [6, 6.07) is 6.29. The van der Waals surface area contributed by atoms with Gasteiger partial charge in [0.25, 0.3) is 5.19 Å². The van der Waals surface area contributed by atoms with Crippen molar-refractivity contribution in [1.29, 1.82) is 0 Å². The predicted molar refractivity (Wildman–Crippen MR) is 72.3 cm³/mol. The second-order valence-corrected chi connectivity index (χ2v) is 6.88. The van der Waals surface area contributed by atoms with E-state index < -0.39 is 9.84 Å². The molecule has 0 unspecified atom stereocenters. The number of rotatable bonds is 5. The smallest absolute Gasteiger partial charge is 0.299 e. The Morgan fingerprint density at radius 3 is 2.84 bits per heavy atom. The van der Waals surface area contributed by atoms with Crippen molar-refractivity contribution in [3.8, 4) is 10.9 Å². The van der Waals surface area contributed by atoms with Crippen LogP contribution >= 0.6 is 11.3 Å². The molecular weight excluding hydrogens is 286 g/mol. The van der Waals surface area contributed by atoms with Crippen molar-refractivity contribution in [2.24, 2.45) is 0 Å². The highest BCUT2D eigenvalue weighted by atomic mass is 32.2. The molecule has 0 spiro atoms. The summed E-state index contributed by atoms with van der Waals surface area (Å²) < 4.78 is 28.4. The third-order valence-electron chi connectivity index (χ3n) is 2.22. The molecule has 102 valence electrons. The number of ether oxygens (including phenoxy) is 1. The van der Waals surface area contributed by atoms with Gasteiger partial charge in [-0.2, -0.15) is 0 Å². The van der Waals surface area contributed by atoms with Crippen LogP contribution in [-0.2, 0) is 16.4 Å². The topological polar surface area (TPSA) is 81.2 Å². The molecule has 6 nitrogen and oxygen atoms in total. The first-order chi connectivity index (χ1) is 8.99. The van der Waals surface area contributed by atoms with Crippen molar-refractivity contribution in [3.05, 3.63) is 29.3 Å². The minimum absolute atomic E-state index is 0.213. The van der Waals surface area contributed by atoms with Gasteiger partial charge in [-0.3, -0.25) is 0 Å². The average molecular weight is 299 g/mol. The zero-order chi connectivity index (χ0) is 13.9. The number of aromatic nitrogens is 2. The molecule has 1 aromatic heterocycles. The number of hydrogen-bond donors (Lipinski definition) is 1. The van der Waals surface area contributed by atoms with Crippen LogP contribution in [0.15, 0.2) is 29.2 Å². The maximum atomic E-state index is 11.4. The summed E-state index contributed by atoms with van der Waals surface area (Å²) in [4.78, 5) is 0.213. The Kier molecular flexibility index (Phi) is 4.13. The van der Waals surface area contributed by atoms with E-state index in [1.165, 1.54) is 23.5 Å². The van der Waals surface area contributed by atoms with E-state index in [0.717, 1.165) is 11.3 Å². The second-order valence-electron chi connectivity index (χ2n) is 3.84. The maximum Gasteiger partial charge on any atom is 0.299 e. The van der Waals surface area contributed by atoms with E-state index in [1.54, 1.807) is 12.1 Å². The highest BCUT2D eigenvalue weighted by Crippen LogP contribution is 2.26. The monoisotopic (exact) mass is 299 g/mol. The van der Waals surface area contributed by atoms with Crippen molar-refractivity contribution < 1.29 is 13.2 Å². The molecular formula is C11H13N3O3S2. The first-order valence-electron chi connectivity index (χ1n) is 5.44. The largest absolute Gasteiger partial charge is 0.430 e. The van der Waals surface area contributed by atoms with Gasteiger partial charge >= 0.3 is 0 Å². The van der Waals surface area contributed by atoms with Crippen LogP contribution in [0.3, 0.4) is 0 Å². The quantitative estimate of drug-likeness (QED) is 0.900. The van der Waals surface area contributed by atoms with Gasteiger partial charge in [-0.25, -0.2) is 8.42 Å². The number of nitrogens with one attached hydrogen (secondary N) is 1. The average Bonchev–Trinajstić information content (AvgIpc) is 2.76. The van der Waals surface area contributed by atoms with Crippen LogP contribution in [-0.4, -0.2) is 31.9 Å². The first-order valence-corrected chi connectivity index (χ1v) is 8.15. The Labute approximate surface area is 115 Å². The van der Waals surface area contributed by atoms with Gasteiger partial charge in [0.2, 0.25) is 0 Å². The number of hydrogen-bond acceptors (Lipinski definition) is 7. The molecule has 0 saturated heterocycles. The van der Waals surface area contributed by atoms with E-state index in [2.05, 4.69) is 15.5 Å². The lowest BCUT2D eigenvalue weighted by Crippen LogP contribution is -2.04. The van der Waals surface area contributed by atoms with Gasteiger partial charge in [0, 0.05) is 12.8 Å². The molecule has 0 aliphatic carbocycles. The molecule has 2 rings (SSSR count). The summed E-state index contributed by atoms with van der Waals surface area (Å²) in [5.74, 6) is 0.426. The van der Waals surface area contributed by atoms with E-state index >= 15 is 0 Å². The van der Waals surface area contributed by atoms with Gasteiger partial charge in [0.15, 0.2) is 9.84 Å².